The third-order valence-corrected chi connectivity index (χ3v) is 5.06. The molecule has 2 N–H and O–H groups in total. The number of aryl methyl sites for hydroxylation is 1. The van der Waals surface area contributed by atoms with Gasteiger partial charge in [0.2, 0.25) is 15.9 Å². The van der Waals surface area contributed by atoms with Gasteiger partial charge in [0.1, 0.15) is 5.82 Å². The second-order valence-electron chi connectivity index (χ2n) is 5.70. The minimum Gasteiger partial charge on any atom is -0.363 e. The van der Waals surface area contributed by atoms with Crippen LogP contribution >= 0.6 is 0 Å². The molecule has 1 heterocycles. The van der Waals surface area contributed by atoms with Crippen molar-refractivity contribution in [1.82, 2.24) is 9.71 Å². The summed E-state index contributed by atoms with van der Waals surface area (Å²) in [6.07, 6.45) is 2.44. The quantitative estimate of drug-likeness (QED) is 0.781. The van der Waals surface area contributed by atoms with Crippen molar-refractivity contribution in [2.45, 2.75) is 17.7 Å². The first-order chi connectivity index (χ1) is 11.8. The Bertz CT molecular complexity index is 816. The molecule has 1 aromatic heterocycles. The van der Waals surface area contributed by atoms with Crippen molar-refractivity contribution in [3.8, 4) is 0 Å². The lowest BCUT2D eigenvalue weighted by Gasteiger charge is -2.11. The summed E-state index contributed by atoms with van der Waals surface area (Å²) < 4.78 is 25.6. The molecule has 134 valence electrons. The molecule has 8 heteroatoms. The number of nitrogens with one attached hydrogen (secondary N) is 2. The topological polar surface area (TPSA) is 91.4 Å². The molecule has 1 aromatic carbocycles. The summed E-state index contributed by atoms with van der Waals surface area (Å²) in [5.74, 6) is 0.695. The third kappa shape index (κ3) is 5.27. The first kappa shape index (κ1) is 18.9. The van der Waals surface area contributed by atoms with E-state index in [1.165, 1.54) is 19.2 Å². The van der Waals surface area contributed by atoms with Gasteiger partial charge in [-0.3, -0.25) is 4.79 Å². The first-order valence-corrected chi connectivity index (χ1v) is 9.26. The largest absolute Gasteiger partial charge is 0.363 e. The van der Waals surface area contributed by atoms with Gasteiger partial charge in [0.15, 0.2) is 0 Å². The molecule has 2 rings (SSSR count). The van der Waals surface area contributed by atoms with Crippen molar-refractivity contribution in [3.05, 3.63) is 48.2 Å². The number of benzene rings is 1. The highest BCUT2D eigenvalue weighted by atomic mass is 32.2. The molecule has 0 spiro atoms. The Morgan fingerprint density at radius 2 is 1.80 bits per heavy atom. The Hall–Kier alpha value is -2.45. The average Bonchev–Trinajstić information content (AvgIpc) is 2.61. The number of anilines is 2. The Balaban J connectivity index is 1.89. The summed E-state index contributed by atoms with van der Waals surface area (Å²) in [4.78, 5) is 18.3. The van der Waals surface area contributed by atoms with Crippen LogP contribution in [0.2, 0.25) is 0 Å². The fourth-order valence-electron chi connectivity index (χ4n) is 2.16. The van der Waals surface area contributed by atoms with E-state index in [0.29, 0.717) is 18.5 Å². The number of hydrogen-bond donors (Lipinski definition) is 2. The van der Waals surface area contributed by atoms with Gasteiger partial charge in [0.05, 0.1) is 16.8 Å². The molecule has 0 aliphatic rings. The highest BCUT2D eigenvalue weighted by Gasteiger charge is 2.11. The highest BCUT2D eigenvalue weighted by molar-refractivity contribution is 7.89. The molecule has 0 aliphatic carbocycles. The second-order valence-corrected chi connectivity index (χ2v) is 7.59. The van der Waals surface area contributed by atoms with Crippen LogP contribution in [0.25, 0.3) is 0 Å². The zero-order valence-electron chi connectivity index (χ0n) is 14.5. The van der Waals surface area contributed by atoms with Gasteiger partial charge in [-0.25, -0.2) is 18.1 Å². The molecule has 0 bridgehead atoms. The SMILES string of the molecule is CNS(=O)(=O)c1ccc(CCC(=O)Nc2ccc(N(C)C)nc2)cc1. The number of aromatic nitrogens is 1. The van der Waals surface area contributed by atoms with E-state index < -0.39 is 10.0 Å². The lowest BCUT2D eigenvalue weighted by molar-refractivity contribution is -0.116. The Morgan fingerprint density at radius 3 is 2.32 bits per heavy atom. The predicted molar refractivity (Wildman–Crippen MR) is 98.2 cm³/mol. The van der Waals surface area contributed by atoms with Gasteiger partial charge in [-0.15, -0.1) is 0 Å². The molecular formula is C17H22N4O3S. The fourth-order valence-corrected chi connectivity index (χ4v) is 2.89. The summed E-state index contributed by atoms with van der Waals surface area (Å²) in [5, 5.41) is 2.80. The highest BCUT2D eigenvalue weighted by Crippen LogP contribution is 2.14. The van der Waals surface area contributed by atoms with E-state index in [2.05, 4.69) is 15.0 Å². The van der Waals surface area contributed by atoms with Crippen LogP contribution in [0.1, 0.15) is 12.0 Å². The molecule has 0 atom stereocenters. The molecule has 2 aromatic rings. The molecular weight excluding hydrogens is 340 g/mol. The van der Waals surface area contributed by atoms with E-state index in [-0.39, 0.29) is 10.8 Å². The van der Waals surface area contributed by atoms with Crippen LogP contribution in [-0.2, 0) is 21.2 Å². The number of carbonyl (C=O) groups is 1. The van der Waals surface area contributed by atoms with Crippen LogP contribution in [-0.4, -0.2) is 40.5 Å². The standard InChI is InChI=1S/C17H22N4O3S/c1-18-25(23,24)15-8-4-13(5-9-15)6-11-17(22)20-14-7-10-16(19-12-14)21(2)3/h4-5,7-10,12,18H,6,11H2,1-3H3,(H,20,22). The Labute approximate surface area is 148 Å². The zero-order valence-corrected chi connectivity index (χ0v) is 15.3. The van der Waals surface area contributed by atoms with Crippen molar-refractivity contribution < 1.29 is 13.2 Å². The van der Waals surface area contributed by atoms with Crippen LogP contribution in [0, 0.1) is 0 Å². The Kier molecular flexibility index (Phi) is 6.11. The molecule has 0 aliphatic heterocycles. The lowest BCUT2D eigenvalue weighted by atomic mass is 10.1. The van der Waals surface area contributed by atoms with Gasteiger partial charge in [-0.1, -0.05) is 12.1 Å². The fraction of sp³-hybridized carbons (Fsp3) is 0.294. The molecule has 0 radical (unpaired) electrons. The van der Waals surface area contributed by atoms with E-state index in [0.717, 1.165) is 11.4 Å². The molecule has 0 saturated carbocycles. The smallest absolute Gasteiger partial charge is 0.240 e. The Morgan fingerprint density at radius 1 is 1.12 bits per heavy atom. The summed E-state index contributed by atoms with van der Waals surface area (Å²) >= 11 is 0. The zero-order chi connectivity index (χ0) is 18.4. The second kappa shape index (κ2) is 8.09. The van der Waals surface area contributed by atoms with E-state index in [1.807, 2.05) is 25.1 Å². The third-order valence-electron chi connectivity index (χ3n) is 3.63. The summed E-state index contributed by atoms with van der Waals surface area (Å²) in [7, 11) is 1.73. The van der Waals surface area contributed by atoms with Crippen molar-refractivity contribution in [2.75, 3.05) is 31.4 Å². The molecule has 0 fully saturated rings. The van der Waals surface area contributed by atoms with E-state index in [9.17, 15) is 13.2 Å². The van der Waals surface area contributed by atoms with E-state index >= 15 is 0 Å². The average molecular weight is 362 g/mol. The lowest BCUT2D eigenvalue weighted by Crippen LogP contribution is -2.18. The summed E-state index contributed by atoms with van der Waals surface area (Å²) in [5.41, 5.74) is 1.54. The maximum Gasteiger partial charge on any atom is 0.240 e. The number of carbonyl (C=O) groups excluding carboxylic acids is 1. The van der Waals surface area contributed by atoms with Crippen molar-refractivity contribution >= 4 is 27.4 Å². The van der Waals surface area contributed by atoms with Gasteiger partial charge in [-0.05, 0) is 43.3 Å². The van der Waals surface area contributed by atoms with Gasteiger partial charge in [-0.2, -0.15) is 0 Å². The van der Waals surface area contributed by atoms with Crippen LogP contribution < -0.4 is 14.9 Å². The molecule has 0 saturated heterocycles. The van der Waals surface area contributed by atoms with Crippen LogP contribution in [0.5, 0.6) is 0 Å². The first-order valence-electron chi connectivity index (χ1n) is 7.77. The van der Waals surface area contributed by atoms with E-state index in [4.69, 9.17) is 0 Å². The van der Waals surface area contributed by atoms with Crippen LogP contribution in [0.3, 0.4) is 0 Å². The minimum atomic E-state index is -3.44. The number of pyridine rings is 1. The number of hydrogen-bond acceptors (Lipinski definition) is 5. The molecule has 25 heavy (non-hydrogen) atoms. The van der Waals surface area contributed by atoms with Gasteiger partial charge in [0, 0.05) is 20.5 Å². The van der Waals surface area contributed by atoms with E-state index in [1.54, 1.807) is 24.4 Å². The maximum atomic E-state index is 12.0. The van der Waals surface area contributed by atoms with Gasteiger partial charge in [0.25, 0.3) is 0 Å². The van der Waals surface area contributed by atoms with Crippen molar-refractivity contribution in [3.63, 3.8) is 0 Å². The molecule has 7 nitrogen and oxygen atoms in total. The predicted octanol–water partition coefficient (Wildman–Crippen LogP) is 1.63. The van der Waals surface area contributed by atoms with Gasteiger partial charge < -0.3 is 10.2 Å². The normalized spacial score (nSPS) is 11.2. The molecule has 0 unspecified atom stereocenters. The summed E-state index contributed by atoms with van der Waals surface area (Å²) in [6, 6.07) is 10.1. The monoisotopic (exact) mass is 362 g/mol. The molecule has 1 amide bonds. The number of rotatable bonds is 7. The van der Waals surface area contributed by atoms with Crippen molar-refractivity contribution in [1.29, 1.82) is 0 Å². The van der Waals surface area contributed by atoms with Gasteiger partial charge >= 0.3 is 0 Å². The maximum absolute atomic E-state index is 12.0. The van der Waals surface area contributed by atoms with Crippen LogP contribution in [0.15, 0.2) is 47.5 Å². The minimum absolute atomic E-state index is 0.119. The number of sulfonamides is 1. The number of amides is 1. The summed E-state index contributed by atoms with van der Waals surface area (Å²) in [6.45, 7) is 0. The number of nitrogens with zero attached hydrogens (tertiary/aromatic N) is 2. The van der Waals surface area contributed by atoms with Crippen molar-refractivity contribution in [2.24, 2.45) is 0 Å². The van der Waals surface area contributed by atoms with Crippen LogP contribution in [0.4, 0.5) is 11.5 Å².